The van der Waals surface area contributed by atoms with Gasteiger partial charge in [0.15, 0.2) is 0 Å². The minimum absolute atomic E-state index is 0.0116. The van der Waals surface area contributed by atoms with Crippen molar-refractivity contribution in [3.8, 4) is 11.8 Å². The molecule has 0 saturated heterocycles. The van der Waals surface area contributed by atoms with E-state index in [2.05, 4.69) is 12.2 Å². The number of nitrogens with one attached hydrogen (secondary N) is 1. The molecule has 22 heavy (non-hydrogen) atoms. The maximum absolute atomic E-state index is 11.9. The average Bonchev–Trinajstić information content (AvgIpc) is 2.51. The zero-order chi connectivity index (χ0) is 16.2. The molecule has 0 fully saturated rings. The molecule has 0 unspecified atom stereocenters. The summed E-state index contributed by atoms with van der Waals surface area (Å²) in [6.07, 6.45) is 4.30. The summed E-state index contributed by atoms with van der Waals surface area (Å²) in [5, 5.41) is 21.1. The van der Waals surface area contributed by atoms with Crippen molar-refractivity contribution in [3.63, 3.8) is 0 Å². The van der Waals surface area contributed by atoms with Crippen LogP contribution in [-0.4, -0.2) is 30.8 Å². The van der Waals surface area contributed by atoms with Crippen molar-refractivity contribution in [2.45, 2.75) is 26.2 Å². The average molecular weight is 302 g/mol. The standard InChI is InChI=1S/C17H22N2O3/c1-2-3-9-22-10-5-8-19-17(21)15(13-18)11-14-6-4-7-16(20)12-14/h4,6-7,11-12,20H,2-3,5,8-10H2,1H3,(H,19,21)/b15-11+. The van der Waals surface area contributed by atoms with Gasteiger partial charge in [0.1, 0.15) is 17.4 Å². The molecule has 5 heteroatoms. The number of hydrogen-bond donors (Lipinski definition) is 2. The van der Waals surface area contributed by atoms with Gasteiger partial charge < -0.3 is 15.2 Å². The highest BCUT2D eigenvalue weighted by molar-refractivity contribution is 6.01. The first-order chi connectivity index (χ1) is 10.7. The first kappa shape index (κ1) is 17.7. The van der Waals surface area contributed by atoms with Crippen LogP contribution in [0.15, 0.2) is 29.8 Å². The summed E-state index contributed by atoms with van der Waals surface area (Å²) >= 11 is 0. The Kier molecular flexibility index (Phi) is 8.39. The highest BCUT2D eigenvalue weighted by atomic mass is 16.5. The summed E-state index contributed by atoms with van der Waals surface area (Å²) in [6.45, 7) is 3.90. The number of carbonyl (C=O) groups is 1. The van der Waals surface area contributed by atoms with Crippen LogP contribution in [0.1, 0.15) is 31.7 Å². The van der Waals surface area contributed by atoms with E-state index >= 15 is 0 Å². The van der Waals surface area contributed by atoms with E-state index in [1.54, 1.807) is 12.1 Å². The van der Waals surface area contributed by atoms with Crippen molar-refractivity contribution in [2.24, 2.45) is 0 Å². The Morgan fingerprint density at radius 1 is 1.41 bits per heavy atom. The van der Waals surface area contributed by atoms with Crippen LogP contribution in [0.3, 0.4) is 0 Å². The Hall–Kier alpha value is -2.32. The number of nitrogens with zero attached hydrogens (tertiary/aromatic N) is 1. The second-order valence-corrected chi connectivity index (χ2v) is 4.84. The number of ether oxygens (including phenoxy) is 1. The van der Waals surface area contributed by atoms with E-state index in [1.807, 2.05) is 6.07 Å². The van der Waals surface area contributed by atoms with Gasteiger partial charge in [-0.1, -0.05) is 25.5 Å². The number of rotatable bonds is 9. The number of unbranched alkanes of at least 4 members (excludes halogenated alkanes) is 1. The molecule has 0 heterocycles. The van der Waals surface area contributed by atoms with Gasteiger partial charge in [0.2, 0.25) is 0 Å². The lowest BCUT2D eigenvalue weighted by atomic mass is 10.1. The Labute approximate surface area is 131 Å². The quantitative estimate of drug-likeness (QED) is 0.417. The van der Waals surface area contributed by atoms with Crippen molar-refractivity contribution in [1.29, 1.82) is 5.26 Å². The Balaban J connectivity index is 2.40. The van der Waals surface area contributed by atoms with Crippen LogP contribution in [0.5, 0.6) is 5.75 Å². The normalized spacial score (nSPS) is 11.0. The van der Waals surface area contributed by atoms with Crippen LogP contribution in [0.2, 0.25) is 0 Å². The molecule has 1 amide bonds. The molecule has 1 rings (SSSR count). The van der Waals surface area contributed by atoms with Gasteiger partial charge in [-0.3, -0.25) is 4.79 Å². The van der Waals surface area contributed by atoms with Crippen molar-refractivity contribution in [1.82, 2.24) is 5.32 Å². The molecule has 0 spiro atoms. The second kappa shape index (κ2) is 10.4. The van der Waals surface area contributed by atoms with Gasteiger partial charge in [0, 0.05) is 19.8 Å². The van der Waals surface area contributed by atoms with Gasteiger partial charge in [-0.2, -0.15) is 5.26 Å². The smallest absolute Gasteiger partial charge is 0.261 e. The maximum atomic E-state index is 11.9. The third-order valence-electron chi connectivity index (χ3n) is 2.94. The molecule has 1 aromatic rings. The lowest BCUT2D eigenvalue weighted by molar-refractivity contribution is -0.117. The predicted molar refractivity (Wildman–Crippen MR) is 85.1 cm³/mol. The SMILES string of the molecule is CCCCOCCCNC(=O)/C(C#N)=C/c1cccc(O)c1. The van der Waals surface area contributed by atoms with E-state index in [0.717, 1.165) is 19.4 Å². The van der Waals surface area contributed by atoms with Crippen molar-refractivity contribution < 1.29 is 14.6 Å². The van der Waals surface area contributed by atoms with E-state index in [0.29, 0.717) is 25.1 Å². The second-order valence-electron chi connectivity index (χ2n) is 4.84. The van der Waals surface area contributed by atoms with Gasteiger partial charge in [-0.05, 0) is 36.6 Å². The minimum Gasteiger partial charge on any atom is -0.508 e. The molecule has 0 aliphatic rings. The van der Waals surface area contributed by atoms with Crippen molar-refractivity contribution in [3.05, 3.63) is 35.4 Å². The predicted octanol–water partition coefficient (Wildman–Crippen LogP) is 2.62. The Bertz CT molecular complexity index is 547. The zero-order valence-electron chi connectivity index (χ0n) is 12.8. The van der Waals surface area contributed by atoms with Crippen LogP contribution in [0.25, 0.3) is 6.08 Å². The molecule has 0 bridgehead atoms. The van der Waals surface area contributed by atoms with Crippen molar-refractivity contribution in [2.75, 3.05) is 19.8 Å². The summed E-state index contributed by atoms with van der Waals surface area (Å²) in [7, 11) is 0. The third-order valence-corrected chi connectivity index (χ3v) is 2.94. The first-order valence-corrected chi connectivity index (χ1v) is 7.44. The number of hydrogen-bond acceptors (Lipinski definition) is 4. The molecule has 0 radical (unpaired) electrons. The number of phenols is 1. The fourth-order valence-electron chi connectivity index (χ4n) is 1.75. The van der Waals surface area contributed by atoms with Crippen LogP contribution >= 0.6 is 0 Å². The Morgan fingerprint density at radius 2 is 2.18 bits per heavy atom. The number of phenolic OH excluding ortho intramolecular Hbond substituents is 1. The van der Waals surface area contributed by atoms with Crippen molar-refractivity contribution >= 4 is 12.0 Å². The molecule has 5 nitrogen and oxygen atoms in total. The van der Waals surface area contributed by atoms with Crippen LogP contribution in [0.4, 0.5) is 0 Å². The van der Waals surface area contributed by atoms with Gasteiger partial charge in [0.05, 0.1) is 0 Å². The fraction of sp³-hybridized carbons (Fsp3) is 0.412. The van der Waals surface area contributed by atoms with E-state index < -0.39 is 5.91 Å². The number of nitriles is 1. The lowest BCUT2D eigenvalue weighted by Gasteiger charge is -2.05. The number of benzene rings is 1. The van der Waals surface area contributed by atoms with Gasteiger partial charge >= 0.3 is 0 Å². The van der Waals surface area contributed by atoms with Crippen LogP contribution < -0.4 is 5.32 Å². The number of aromatic hydroxyl groups is 1. The summed E-state index contributed by atoms with van der Waals surface area (Å²) in [6, 6.07) is 8.27. The molecule has 0 saturated carbocycles. The Morgan fingerprint density at radius 3 is 2.86 bits per heavy atom. The van der Waals surface area contributed by atoms with Gasteiger partial charge in [-0.15, -0.1) is 0 Å². The molecule has 0 aliphatic carbocycles. The topological polar surface area (TPSA) is 82.3 Å². The highest BCUT2D eigenvalue weighted by Gasteiger charge is 2.08. The molecule has 0 atom stereocenters. The maximum Gasteiger partial charge on any atom is 0.261 e. The molecule has 1 aromatic carbocycles. The molecule has 0 aromatic heterocycles. The monoisotopic (exact) mass is 302 g/mol. The summed E-state index contributed by atoms with van der Waals surface area (Å²) in [4.78, 5) is 11.9. The molecule has 2 N–H and O–H groups in total. The first-order valence-electron chi connectivity index (χ1n) is 7.44. The zero-order valence-corrected chi connectivity index (χ0v) is 12.8. The van der Waals surface area contributed by atoms with Gasteiger partial charge in [0.25, 0.3) is 5.91 Å². The summed E-state index contributed by atoms with van der Waals surface area (Å²) in [5.74, 6) is -0.324. The van der Waals surface area contributed by atoms with Crippen LogP contribution in [0, 0.1) is 11.3 Å². The molecular formula is C17H22N2O3. The summed E-state index contributed by atoms with van der Waals surface area (Å²) < 4.78 is 5.39. The third kappa shape index (κ3) is 6.91. The van der Waals surface area contributed by atoms with Gasteiger partial charge in [-0.25, -0.2) is 0 Å². The largest absolute Gasteiger partial charge is 0.508 e. The summed E-state index contributed by atoms with van der Waals surface area (Å²) in [5.41, 5.74) is 0.618. The number of carbonyl (C=O) groups excluding carboxylic acids is 1. The minimum atomic E-state index is -0.417. The highest BCUT2D eigenvalue weighted by Crippen LogP contribution is 2.14. The fourth-order valence-corrected chi connectivity index (χ4v) is 1.75. The van der Waals surface area contributed by atoms with E-state index in [9.17, 15) is 9.90 Å². The lowest BCUT2D eigenvalue weighted by Crippen LogP contribution is -2.26. The molecular weight excluding hydrogens is 280 g/mol. The molecule has 0 aliphatic heterocycles. The molecule has 118 valence electrons. The van der Waals surface area contributed by atoms with E-state index in [-0.39, 0.29) is 11.3 Å². The van der Waals surface area contributed by atoms with E-state index in [1.165, 1.54) is 18.2 Å². The van der Waals surface area contributed by atoms with Crippen LogP contribution in [-0.2, 0) is 9.53 Å². The van der Waals surface area contributed by atoms with E-state index in [4.69, 9.17) is 10.00 Å². The number of amides is 1.